The van der Waals surface area contributed by atoms with Gasteiger partial charge in [-0.3, -0.25) is 0 Å². The molecule has 0 aromatic heterocycles. The molecule has 0 aromatic carbocycles. The Hall–Kier alpha value is 0.0200. The van der Waals surface area contributed by atoms with Crippen LogP contribution in [0.2, 0.25) is 0 Å². The molecule has 0 atom stereocenters. The van der Waals surface area contributed by atoms with Crippen LogP contribution in [0, 0.1) is 5.16 Å². The molecule has 80 valence electrons. The first-order valence-corrected chi connectivity index (χ1v) is 7.14. The van der Waals surface area contributed by atoms with Gasteiger partial charge in [0, 0.05) is 26.2 Å². The Morgan fingerprint density at radius 1 is 0.643 bits per heavy atom. The van der Waals surface area contributed by atoms with Crippen molar-refractivity contribution in [3.8, 4) is 0 Å². The van der Waals surface area contributed by atoms with Gasteiger partial charge in [0.15, 0.2) is 0 Å². The van der Waals surface area contributed by atoms with Crippen LogP contribution in [0.1, 0.15) is 38.5 Å². The van der Waals surface area contributed by atoms with Gasteiger partial charge in [0.2, 0.25) is 0 Å². The van der Waals surface area contributed by atoms with E-state index in [-0.39, 0.29) is 0 Å². The SMILES string of the molecule is N=[P+](N1CCCCC1)N1CCCCC1. The Bertz CT molecular complexity index is 176. The van der Waals surface area contributed by atoms with Crippen LogP contribution in [0.5, 0.6) is 0 Å². The molecule has 2 aliphatic rings. The molecular weight excluding hydrogens is 193 g/mol. The Labute approximate surface area is 87.8 Å². The molecule has 2 heterocycles. The fourth-order valence-electron chi connectivity index (χ4n) is 2.31. The molecule has 3 nitrogen and oxygen atoms in total. The molecule has 14 heavy (non-hydrogen) atoms. The maximum atomic E-state index is 8.28. The van der Waals surface area contributed by atoms with E-state index in [0.29, 0.717) is 0 Å². The van der Waals surface area contributed by atoms with Gasteiger partial charge in [0.05, 0.1) is 0 Å². The zero-order valence-electron chi connectivity index (χ0n) is 8.91. The lowest BCUT2D eigenvalue weighted by Gasteiger charge is -2.24. The van der Waals surface area contributed by atoms with E-state index in [2.05, 4.69) is 9.34 Å². The maximum Gasteiger partial charge on any atom is 0.396 e. The molecule has 2 rings (SSSR count). The van der Waals surface area contributed by atoms with Crippen LogP contribution in [-0.2, 0) is 0 Å². The third-order valence-electron chi connectivity index (χ3n) is 3.20. The van der Waals surface area contributed by atoms with Crippen molar-refractivity contribution in [3.63, 3.8) is 0 Å². The van der Waals surface area contributed by atoms with Gasteiger partial charge in [0.25, 0.3) is 0 Å². The number of nitrogens with zero attached hydrogens (tertiary/aromatic N) is 2. The molecular formula is C10H21N3P+. The van der Waals surface area contributed by atoms with Gasteiger partial charge >= 0.3 is 8.01 Å². The van der Waals surface area contributed by atoms with Crippen LogP contribution >= 0.6 is 8.01 Å². The van der Waals surface area contributed by atoms with E-state index in [0.717, 1.165) is 0 Å². The number of piperidine rings is 2. The lowest BCUT2D eigenvalue weighted by Crippen LogP contribution is -2.32. The summed E-state index contributed by atoms with van der Waals surface area (Å²) >= 11 is 0. The lowest BCUT2D eigenvalue weighted by atomic mass is 10.2. The van der Waals surface area contributed by atoms with Gasteiger partial charge in [-0.1, -0.05) is 27.3 Å². The highest BCUT2D eigenvalue weighted by Gasteiger charge is 2.32. The Morgan fingerprint density at radius 3 is 1.36 bits per heavy atom. The van der Waals surface area contributed by atoms with Gasteiger partial charge in [-0.15, -0.1) is 0 Å². The highest BCUT2D eigenvalue weighted by Crippen LogP contribution is 2.37. The number of hydrogen-bond acceptors (Lipinski definition) is 1. The molecule has 2 fully saturated rings. The highest BCUT2D eigenvalue weighted by molar-refractivity contribution is 7.40. The summed E-state index contributed by atoms with van der Waals surface area (Å²) in [6.07, 6.45) is 7.99. The zero-order chi connectivity index (χ0) is 9.80. The average molecular weight is 214 g/mol. The number of hydrogen-bond donors (Lipinski definition) is 1. The summed E-state index contributed by atoms with van der Waals surface area (Å²) in [6, 6.07) is 0. The first kappa shape index (κ1) is 10.5. The number of rotatable bonds is 2. The van der Waals surface area contributed by atoms with E-state index in [1.807, 2.05) is 0 Å². The summed E-state index contributed by atoms with van der Waals surface area (Å²) in [6.45, 7) is 4.69. The summed E-state index contributed by atoms with van der Waals surface area (Å²) in [5.74, 6) is 0. The lowest BCUT2D eigenvalue weighted by molar-refractivity contribution is 0.314. The minimum atomic E-state index is -0.700. The van der Waals surface area contributed by atoms with Crippen molar-refractivity contribution in [2.24, 2.45) is 0 Å². The minimum absolute atomic E-state index is 0.700. The van der Waals surface area contributed by atoms with Gasteiger partial charge in [-0.2, -0.15) is 0 Å². The van der Waals surface area contributed by atoms with Gasteiger partial charge < -0.3 is 0 Å². The molecule has 1 N–H and O–H groups in total. The first-order chi connectivity index (χ1) is 6.88. The largest absolute Gasteiger partial charge is 0.396 e. The zero-order valence-corrected chi connectivity index (χ0v) is 9.81. The predicted molar refractivity (Wildman–Crippen MR) is 60.5 cm³/mol. The molecule has 0 aromatic rings. The molecule has 0 radical (unpaired) electrons. The quantitative estimate of drug-likeness (QED) is 0.716. The molecule has 0 saturated carbocycles. The van der Waals surface area contributed by atoms with E-state index in [1.54, 1.807) is 0 Å². The van der Waals surface area contributed by atoms with Crippen molar-refractivity contribution in [2.45, 2.75) is 38.5 Å². The Morgan fingerprint density at radius 2 is 1.00 bits per heavy atom. The first-order valence-electron chi connectivity index (χ1n) is 5.89. The Kier molecular flexibility index (Phi) is 3.91. The summed E-state index contributed by atoms with van der Waals surface area (Å²) in [7, 11) is -0.700. The second-order valence-electron chi connectivity index (χ2n) is 4.32. The molecule has 0 aliphatic carbocycles. The van der Waals surface area contributed by atoms with Crippen molar-refractivity contribution in [1.29, 1.82) is 5.16 Å². The normalized spacial score (nSPS) is 26.3. The molecule has 0 spiro atoms. The average Bonchev–Trinajstić information content (AvgIpc) is 2.30. The summed E-state index contributed by atoms with van der Waals surface area (Å²) in [4.78, 5) is 0. The van der Waals surface area contributed by atoms with Gasteiger partial charge in [-0.25, -0.2) is 0 Å². The van der Waals surface area contributed by atoms with Crippen molar-refractivity contribution < 1.29 is 0 Å². The third kappa shape index (κ3) is 2.53. The van der Waals surface area contributed by atoms with Crippen molar-refractivity contribution in [3.05, 3.63) is 0 Å². The van der Waals surface area contributed by atoms with Crippen LogP contribution in [0.25, 0.3) is 0 Å². The second-order valence-corrected chi connectivity index (χ2v) is 6.03. The fraction of sp³-hybridized carbons (Fsp3) is 1.00. The molecule has 2 saturated heterocycles. The monoisotopic (exact) mass is 214 g/mol. The van der Waals surface area contributed by atoms with E-state index in [9.17, 15) is 0 Å². The second kappa shape index (κ2) is 5.20. The van der Waals surface area contributed by atoms with Crippen molar-refractivity contribution in [2.75, 3.05) is 26.2 Å². The molecule has 0 bridgehead atoms. The molecule has 0 unspecified atom stereocenters. The van der Waals surface area contributed by atoms with E-state index >= 15 is 0 Å². The molecule has 0 amide bonds. The van der Waals surface area contributed by atoms with Gasteiger partial charge in [0.1, 0.15) is 0 Å². The van der Waals surface area contributed by atoms with Crippen LogP contribution in [0.3, 0.4) is 0 Å². The van der Waals surface area contributed by atoms with E-state index in [4.69, 9.17) is 5.16 Å². The predicted octanol–water partition coefficient (Wildman–Crippen LogP) is 3.03. The van der Waals surface area contributed by atoms with Crippen LogP contribution in [0.15, 0.2) is 0 Å². The number of nitrogens with one attached hydrogen (secondary N) is 1. The Balaban J connectivity index is 1.85. The summed E-state index contributed by atoms with van der Waals surface area (Å²) in [5.41, 5.74) is 0. The van der Waals surface area contributed by atoms with Crippen LogP contribution in [-0.4, -0.2) is 35.5 Å². The topological polar surface area (TPSA) is 30.3 Å². The molecule has 2 aliphatic heterocycles. The van der Waals surface area contributed by atoms with E-state index in [1.165, 1.54) is 64.7 Å². The van der Waals surface area contributed by atoms with Crippen LogP contribution < -0.4 is 0 Å². The maximum absolute atomic E-state index is 8.28. The minimum Gasteiger partial charge on any atom is -0.0960 e. The van der Waals surface area contributed by atoms with Crippen molar-refractivity contribution >= 4 is 8.01 Å². The molecule has 4 heteroatoms. The smallest absolute Gasteiger partial charge is 0.0960 e. The highest BCUT2D eigenvalue weighted by atomic mass is 31.1. The van der Waals surface area contributed by atoms with E-state index < -0.39 is 8.01 Å². The van der Waals surface area contributed by atoms with Crippen LogP contribution in [0.4, 0.5) is 0 Å². The standard InChI is InChI=1S/C10H21N3P/c11-14(12-7-3-1-4-8-12)13-9-5-2-6-10-13/h11H,1-10H2/q+1. The third-order valence-corrected chi connectivity index (χ3v) is 5.07. The summed E-state index contributed by atoms with van der Waals surface area (Å²) < 4.78 is 4.81. The fourth-order valence-corrected chi connectivity index (χ4v) is 3.99. The van der Waals surface area contributed by atoms with Gasteiger partial charge in [-0.05, 0) is 25.7 Å². The summed E-state index contributed by atoms with van der Waals surface area (Å²) in [5, 5.41) is 8.28. The van der Waals surface area contributed by atoms with Crippen molar-refractivity contribution in [1.82, 2.24) is 9.34 Å².